The lowest BCUT2D eigenvalue weighted by atomic mass is 9.98. The number of aromatic carboxylic acids is 1. The number of rotatable bonds is 2. The Morgan fingerprint density at radius 2 is 2.06 bits per heavy atom. The molecule has 5 heteroatoms. The molecule has 1 aromatic carbocycles. The van der Waals surface area contributed by atoms with Gasteiger partial charge in [0.15, 0.2) is 0 Å². The van der Waals surface area contributed by atoms with Crippen molar-refractivity contribution >= 4 is 5.97 Å². The van der Waals surface area contributed by atoms with Crippen molar-refractivity contribution in [2.45, 2.75) is 13.8 Å². The van der Waals surface area contributed by atoms with Crippen LogP contribution in [0.15, 0.2) is 18.2 Å². The molecule has 0 saturated carbocycles. The first-order chi connectivity index (χ1) is 8.52. The Hall–Kier alpha value is -2.61. The average Bonchev–Trinajstić information content (AvgIpc) is 2.78. The molecule has 1 aromatic heterocycles. The molecule has 5 nitrogen and oxygen atoms in total. The number of hydrogen-bond donors (Lipinski definition) is 2. The second-order valence-electron chi connectivity index (χ2n) is 4.07. The molecule has 0 radical (unpaired) electrons. The Bertz CT molecular complexity index is 665. The van der Waals surface area contributed by atoms with Crippen molar-refractivity contribution in [2.24, 2.45) is 0 Å². The summed E-state index contributed by atoms with van der Waals surface area (Å²) in [6.45, 7) is 3.77. The second kappa shape index (κ2) is 4.34. The summed E-state index contributed by atoms with van der Waals surface area (Å²) in [4.78, 5) is 10.8. The minimum absolute atomic E-state index is 0.0310. The molecule has 0 bridgehead atoms. The molecule has 2 aromatic rings. The lowest BCUT2D eigenvalue weighted by Crippen LogP contribution is -1.95. The highest BCUT2D eigenvalue weighted by Crippen LogP contribution is 2.25. The smallest absolute Gasteiger partial charge is 0.353 e. The first-order valence-corrected chi connectivity index (χ1v) is 5.33. The van der Waals surface area contributed by atoms with Crippen LogP contribution in [-0.2, 0) is 0 Å². The number of aromatic amines is 1. The fraction of sp³-hybridized carbons (Fsp3) is 0.154. The summed E-state index contributed by atoms with van der Waals surface area (Å²) < 4.78 is 0. The summed E-state index contributed by atoms with van der Waals surface area (Å²) in [5.74, 6) is -1.06. The Labute approximate surface area is 104 Å². The zero-order valence-corrected chi connectivity index (χ0v) is 9.98. The molecule has 0 fully saturated rings. The minimum atomic E-state index is -1.06. The van der Waals surface area contributed by atoms with Gasteiger partial charge in [0.25, 0.3) is 0 Å². The summed E-state index contributed by atoms with van der Waals surface area (Å²) >= 11 is 0. The van der Waals surface area contributed by atoms with E-state index >= 15 is 0 Å². The number of hydrogen-bond acceptors (Lipinski definition) is 3. The molecule has 0 aliphatic rings. The number of H-pyrrole nitrogens is 1. The van der Waals surface area contributed by atoms with E-state index in [1.54, 1.807) is 6.07 Å². The summed E-state index contributed by atoms with van der Waals surface area (Å²) in [6, 6.07) is 7.19. The maximum atomic E-state index is 10.8. The first kappa shape index (κ1) is 11.9. The van der Waals surface area contributed by atoms with Crippen LogP contribution in [0.1, 0.15) is 27.2 Å². The summed E-state index contributed by atoms with van der Waals surface area (Å²) in [7, 11) is 0. The molecule has 0 amide bonds. The average molecular weight is 241 g/mol. The van der Waals surface area contributed by atoms with Gasteiger partial charge in [0.05, 0.1) is 17.3 Å². The number of nitrogens with one attached hydrogen (secondary N) is 1. The van der Waals surface area contributed by atoms with E-state index in [1.807, 2.05) is 19.9 Å². The lowest BCUT2D eigenvalue weighted by molar-refractivity contribution is 0.0690. The van der Waals surface area contributed by atoms with Gasteiger partial charge in [-0.3, -0.25) is 5.10 Å². The predicted molar refractivity (Wildman–Crippen MR) is 65.2 cm³/mol. The van der Waals surface area contributed by atoms with Crippen LogP contribution in [0.5, 0.6) is 0 Å². The van der Waals surface area contributed by atoms with Crippen molar-refractivity contribution in [1.82, 2.24) is 10.2 Å². The number of carboxylic acid groups (broad SMARTS) is 1. The van der Waals surface area contributed by atoms with Gasteiger partial charge < -0.3 is 5.11 Å². The van der Waals surface area contributed by atoms with E-state index in [1.165, 1.54) is 6.07 Å². The van der Waals surface area contributed by atoms with Gasteiger partial charge in [0, 0.05) is 5.56 Å². The Kier molecular flexibility index (Phi) is 2.86. The van der Waals surface area contributed by atoms with Crippen LogP contribution in [0.25, 0.3) is 11.3 Å². The van der Waals surface area contributed by atoms with Crippen LogP contribution in [0, 0.1) is 25.2 Å². The topological polar surface area (TPSA) is 89.8 Å². The van der Waals surface area contributed by atoms with Crippen LogP contribution >= 0.6 is 0 Å². The van der Waals surface area contributed by atoms with Crippen molar-refractivity contribution in [3.63, 3.8) is 0 Å². The highest BCUT2D eigenvalue weighted by molar-refractivity contribution is 5.87. The number of carbonyl (C=O) groups is 1. The lowest BCUT2D eigenvalue weighted by Gasteiger charge is -2.05. The Morgan fingerprint density at radius 3 is 2.61 bits per heavy atom. The monoisotopic (exact) mass is 241 g/mol. The predicted octanol–water partition coefficient (Wildman–Crippen LogP) is 2.26. The molecule has 0 spiro atoms. The largest absolute Gasteiger partial charge is 0.477 e. The molecule has 18 heavy (non-hydrogen) atoms. The Balaban J connectivity index is 2.56. The van der Waals surface area contributed by atoms with Gasteiger partial charge in [-0.25, -0.2) is 4.79 Å². The molecule has 90 valence electrons. The number of nitriles is 1. The van der Waals surface area contributed by atoms with Crippen LogP contribution in [-0.4, -0.2) is 21.3 Å². The summed E-state index contributed by atoms with van der Waals surface area (Å²) in [5.41, 5.74) is 3.74. The van der Waals surface area contributed by atoms with Gasteiger partial charge in [0.1, 0.15) is 5.69 Å². The first-order valence-electron chi connectivity index (χ1n) is 5.33. The third kappa shape index (κ3) is 1.96. The normalized spacial score (nSPS) is 10.1. The maximum Gasteiger partial charge on any atom is 0.353 e. The number of benzene rings is 1. The Morgan fingerprint density at radius 1 is 1.33 bits per heavy atom. The summed E-state index contributed by atoms with van der Waals surface area (Å²) in [5, 5.41) is 24.2. The van der Waals surface area contributed by atoms with Gasteiger partial charge in [0.2, 0.25) is 0 Å². The molecule has 0 atom stereocenters. The molecular weight excluding hydrogens is 230 g/mol. The van der Waals surface area contributed by atoms with Crippen molar-refractivity contribution in [3.8, 4) is 17.3 Å². The van der Waals surface area contributed by atoms with Gasteiger partial charge in [-0.05, 0) is 37.1 Å². The highest BCUT2D eigenvalue weighted by atomic mass is 16.4. The second-order valence-corrected chi connectivity index (χ2v) is 4.07. The molecule has 1 heterocycles. The molecule has 0 aliphatic carbocycles. The van der Waals surface area contributed by atoms with E-state index in [2.05, 4.69) is 16.3 Å². The number of carboxylic acids is 1. The third-order valence-corrected chi connectivity index (χ3v) is 2.78. The quantitative estimate of drug-likeness (QED) is 0.843. The zero-order valence-electron chi connectivity index (χ0n) is 9.98. The standard InChI is InChI=1S/C13H11N3O2/c1-7-3-8(2)10(4-9(7)6-14)11-5-12(13(17)18)16-15-11/h3-5H,1-2H3,(H,15,16)(H,17,18). The van der Waals surface area contributed by atoms with Crippen LogP contribution in [0.4, 0.5) is 0 Å². The van der Waals surface area contributed by atoms with Crippen molar-refractivity contribution in [1.29, 1.82) is 5.26 Å². The molecule has 0 saturated heterocycles. The van der Waals surface area contributed by atoms with E-state index in [4.69, 9.17) is 10.4 Å². The fourth-order valence-corrected chi connectivity index (χ4v) is 1.82. The molecule has 2 rings (SSSR count). The molecule has 0 aliphatic heterocycles. The van der Waals surface area contributed by atoms with Gasteiger partial charge in [-0.15, -0.1) is 0 Å². The molecule has 2 N–H and O–H groups in total. The van der Waals surface area contributed by atoms with E-state index in [0.717, 1.165) is 16.7 Å². The van der Waals surface area contributed by atoms with Crippen molar-refractivity contribution < 1.29 is 9.90 Å². The van der Waals surface area contributed by atoms with Crippen molar-refractivity contribution in [2.75, 3.05) is 0 Å². The molecular formula is C13H11N3O2. The number of aryl methyl sites for hydroxylation is 2. The van der Waals surface area contributed by atoms with E-state index in [0.29, 0.717) is 11.3 Å². The van der Waals surface area contributed by atoms with Crippen molar-refractivity contribution in [3.05, 3.63) is 40.6 Å². The van der Waals surface area contributed by atoms with Gasteiger partial charge in [-0.2, -0.15) is 10.4 Å². The van der Waals surface area contributed by atoms with Gasteiger partial charge >= 0.3 is 5.97 Å². The van der Waals surface area contributed by atoms with E-state index < -0.39 is 5.97 Å². The zero-order chi connectivity index (χ0) is 13.3. The van der Waals surface area contributed by atoms with Crippen LogP contribution in [0.2, 0.25) is 0 Å². The van der Waals surface area contributed by atoms with Gasteiger partial charge in [-0.1, -0.05) is 6.07 Å². The number of aromatic nitrogens is 2. The van der Waals surface area contributed by atoms with Crippen LogP contribution in [0.3, 0.4) is 0 Å². The fourth-order valence-electron chi connectivity index (χ4n) is 1.82. The highest BCUT2D eigenvalue weighted by Gasteiger charge is 2.12. The SMILES string of the molecule is Cc1cc(C)c(-c2cc(C(=O)O)[nH]n2)cc1C#N. The third-order valence-electron chi connectivity index (χ3n) is 2.78. The summed E-state index contributed by atoms with van der Waals surface area (Å²) in [6.07, 6.45) is 0. The number of nitrogens with zero attached hydrogens (tertiary/aromatic N) is 2. The van der Waals surface area contributed by atoms with E-state index in [9.17, 15) is 4.79 Å². The van der Waals surface area contributed by atoms with Crippen LogP contribution < -0.4 is 0 Å². The molecule has 0 unspecified atom stereocenters. The maximum absolute atomic E-state index is 10.8. The minimum Gasteiger partial charge on any atom is -0.477 e. The van der Waals surface area contributed by atoms with E-state index in [-0.39, 0.29) is 5.69 Å².